The fourth-order valence-electron chi connectivity index (χ4n) is 3.80. The normalized spacial score (nSPS) is 27.3. The van der Waals surface area contributed by atoms with Crippen LogP contribution in [0.5, 0.6) is 11.5 Å². The van der Waals surface area contributed by atoms with Crippen molar-refractivity contribution < 1.29 is 14.3 Å². The number of amides is 1. The summed E-state index contributed by atoms with van der Waals surface area (Å²) >= 11 is 0. The van der Waals surface area contributed by atoms with E-state index in [2.05, 4.69) is 0 Å². The Hall–Kier alpha value is -1.75. The number of nitrogens with zero attached hydrogens (tertiary/aromatic N) is 1. The van der Waals surface area contributed by atoms with E-state index in [0.717, 1.165) is 50.3 Å². The quantitative estimate of drug-likeness (QED) is 0.924. The lowest BCUT2D eigenvalue weighted by atomic mass is 9.98. The van der Waals surface area contributed by atoms with Gasteiger partial charge in [-0.3, -0.25) is 4.79 Å². The number of hydrogen-bond acceptors (Lipinski definition) is 4. The molecule has 2 fully saturated rings. The van der Waals surface area contributed by atoms with Crippen LogP contribution in [0.1, 0.15) is 37.2 Å². The highest BCUT2D eigenvalue weighted by Crippen LogP contribution is 2.35. The van der Waals surface area contributed by atoms with Gasteiger partial charge in [-0.1, -0.05) is 0 Å². The van der Waals surface area contributed by atoms with Gasteiger partial charge in [0.05, 0.1) is 14.2 Å². The van der Waals surface area contributed by atoms with Crippen molar-refractivity contribution in [1.82, 2.24) is 4.90 Å². The molecular formula is C18H26N2O3. The van der Waals surface area contributed by atoms with Crippen LogP contribution in [0.15, 0.2) is 18.2 Å². The van der Waals surface area contributed by atoms with Crippen LogP contribution < -0.4 is 15.2 Å². The molecule has 0 aromatic heterocycles. The van der Waals surface area contributed by atoms with Crippen LogP contribution in [0.3, 0.4) is 0 Å². The molecular weight excluding hydrogens is 292 g/mol. The van der Waals surface area contributed by atoms with Gasteiger partial charge in [0.1, 0.15) is 11.5 Å². The highest BCUT2D eigenvalue weighted by Gasteiger charge is 2.35. The molecule has 23 heavy (non-hydrogen) atoms. The number of rotatable bonds is 4. The number of carbonyl (C=O) groups is 1. The standard InChI is InChI=1S/C18H26N2O3/c1-22-16-8-14(9-17(10-16)23-2)13-5-6-20(11-13)18(21)12-3-4-15(19)7-12/h8-10,12-13,15H,3-7,11,19H2,1-2H3/t12-,13-,15+/m1/s1. The van der Waals surface area contributed by atoms with Gasteiger partial charge in [-0.2, -0.15) is 0 Å². The number of hydrogen-bond donors (Lipinski definition) is 1. The van der Waals surface area contributed by atoms with Gasteiger partial charge in [0.2, 0.25) is 5.91 Å². The molecule has 1 saturated heterocycles. The predicted octanol–water partition coefficient (Wildman–Crippen LogP) is 2.15. The molecule has 0 radical (unpaired) electrons. The van der Waals surface area contributed by atoms with Gasteiger partial charge in [0.25, 0.3) is 0 Å². The molecule has 126 valence electrons. The Morgan fingerprint density at radius 2 is 1.83 bits per heavy atom. The lowest BCUT2D eigenvalue weighted by Gasteiger charge is -2.21. The smallest absolute Gasteiger partial charge is 0.225 e. The van der Waals surface area contributed by atoms with Crippen LogP contribution in [-0.2, 0) is 4.79 Å². The topological polar surface area (TPSA) is 64.8 Å². The van der Waals surface area contributed by atoms with Crippen molar-refractivity contribution in [2.24, 2.45) is 11.7 Å². The molecule has 1 heterocycles. The van der Waals surface area contributed by atoms with E-state index in [1.54, 1.807) is 14.2 Å². The molecule has 1 aromatic rings. The van der Waals surface area contributed by atoms with Gasteiger partial charge in [-0.15, -0.1) is 0 Å². The van der Waals surface area contributed by atoms with Crippen molar-refractivity contribution in [3.8, 4) is 11.5 Å². The molecule has 0 unspecified atom stereocenters. The minimum Gasteiger partial charge on any atom is -0.497 e. The Morgan fingerprint density at radius 1 is 1.13 bits per heavy atom. The maximum Gasteiger partial charge on any atom is 0.225 e. The van der Waals surface area contributed by atoms with E-state index in [9.17, 15) is 4.79 Å². The molecule has 0 spiro atoms. The third kappa shape index (κ3) is 3.44. The maximum atomic E-state index is 12.6. The Kier molecular flexibility index (Phi) is 4.76. The second kappa shape index (κ2) is 6.79. The van der Waals surface area contributed by atoms with Gasteiger partial charge in [-0.05, 0) is 43.4 Å². The summed E-state index contributed by atoms with van der Waals surface area (Å²) < 4.78 is 10.7. The van der Waals surface area contributed by atoms with Crippen molar-refractivity contribution in [3.05, 3.63) is 23.8 Å². The fourth-order valence-corrected chi connectivity index (χ4v) is 3.80. The highest BCUT2D eigenvalue weighted by atomic mass is 16.5. The first-order valence-corrected chi connectivity index (χ1v) is 8.38. The summed E-state index contributed by atoms with van der Waals surface area (Å²) in [4.78, 5) is 14.7. The number of benzene rings is 1. The molecule has 2 N–H and O–H groups in total. The van der Waals surface area contributed by atoms with Crippen LogP contribution in [0.2, 0.25) is 0 Å². The van der Waals surface area contributed by atoms with Crippen molar-refractivity contribution in [2.45, 2.75) is 37.6 Å². The van der Waals surface area contributed by atoms with Crippen LogP contribution >= 0.6 is 0 Å². The number of likely N-dealkylation sites (tertiary alicyclic amines) is 1. The number of carbonyl (C=O) groups excluding carboxylic acids is 1. The van der Waals surface area contributed by atoms with Crippen molar-refractivity contribution >= 4 is 5.91 Å². The van der Waals surface area contributed by atoms with Gasteiger partial charge < -0.3 is 20.1 Å². The van der Waals surface area contributed by atoms with E-state index in [1.807, 2.05) is 23.1 Å². The zero-order valence-electron chi connectivity index (χ0n) is 14.0. The fraction of sp³-hybridized carbons (Fsp3) is 0.611. The van der Waals surface area contributed by atoms with E-state index in [1.165, 1.54) is 5.56 Å². The van der Waals surface area contributed by atoms with E-state index in [-0.39, 0.29) is 17.9 Å². The van der Waals surface area contributed by atoms with E-state index < -0.39 is 0 Å². The molecule has 5 heteroatoms. The van der Waals surface area contributed by atoms with Gasteiger partial charge >= 0.3 is 0 Å². The average Bonchev–Trinajstić information content (AvgIpc) is 3.22. The molecule has 3 atom stereocenters. The van der Waals surface area contributed by atoms with Gasteiger partial charge in [0, 0.05) is 37.0 Å². The average molecular weight is 318 g/mol. The van der Waals surface area contributed by atoms with Crippen LogP contribution in [0.25, 0.3) is 0 Å². The highest BCUT2D eigenvalue weighted by molar-refractivity contribution is 5.79. The number of methoxy groups -OCH3 is 2. The van der Waals surface area contributed by atoms with Crippen molar-refractivity contribution in [3.63, 3.8) is 0 Å². The first-order valence-electron chi connectivity index (χ1n) is 8.38. The van der Waals surface area contributed by atoms with E-state index in [4.69, 9.17) is 15.2 Å². The molecule has 1 aromatic carbocycles. The summed E-state index contributed by atoms with van der Waals surface area (Å²) in [7, 11) is 3.32. The summed E-state index contributed by atoms with van der Waals surface area (Å²) in [5.41, 5.74) is 7.13. The predicted molar refractivity (Wildman–Crippen MR) is 88.8 cm³/mol. The molecule has 1 amide bonds. The monoisotopic (exact) mass is 318 g/mol. The summed E-state index contributed by atoms with van der Waals surface area (Å²) in [5, 5.41) is 0. The number of ether oxygens (including phenoxy) is 2. The summed E-state index contributed by atoms with van der Waals surface area (Å²) in [6.45, 7) is 1.61. The maximum absolute atomic E-state index is 12.6. The van der Waals surface area contributed by atoms with Gasteiger partial charge in [0.15, 0.2) is 0 Å². The largest absolute Gasteiger partial charge is 0.497 e. The summed E-state index contributed by atoms with van der Waals surface area (Å²) in [6.07, 6.45) is 3.74. The third-order valence-electron chi connectivity index (χ3n) is 5.17. The van der Waals surface area contributed by atoms with Crippen molar-refractivity contribution in [2.75, 3.05) is 27.3 Å². The molecule has 1 saturated carbocycles. The zero-order chi connectivity index (χ0) is 16.4. The minimum absolute atomic E-state index is 0.128. The third-order valence-corrected chi connectivity index (χ3v) is 5.17. The lowest BCUT2D eigenvalue weighted by Crippen LogP contribution is -2.34. The minimum atomic E-state index is 0.128. The van der Waals surface area contributed by atoms with Crippen LogP contribution in [0, 0.1) is 5.92 Å². The Labute approximate surface area is 137 Å². The molecule has 5 nitrogen and oxygen atoms in total. The van der Waals surface area contributed by atoms with Crippen LogP contribution in [-0.4, -0.2) is 44.2 Å². The van der Waals surface area contributed by atoms with E-state index >= 15 is 0 Å². The Balaban J connectivity index is 1.68. The Bertz CT molecular complexity index is 553. The molecule has 3 rings (SSSR count). The van der Waals surface area contributed by atoms with E-state index in [0.29, 0.717) is 5.92 Å². The summed E-state index contributed by atoms with van der Waals surface area (Å²) in [5.74, 6) is 2.36. The Morgan fingerprint density at radius 3 is 2.39 bits per heavy atom. The molecule has 1 aliphatic carbocycles. The SMILES string of the molecule is COc1cc(OC)cc([C@@H]2CCN(C(=O)[C@@H]3CC[C@H](N)C3)C2)c1. The van der Waals surface area contributed by atoms with Gasteiger partial charge in [-0.25, -0.2) is 0 Å². The van der Waals surface area contributed by atoms with Crippen LogP contribution in [0.4, 0.5) is 0 Å². The summed E-state index contributed by atoms with van der Waals surface area (Å²) in [6, 6.07) is 6.17. The number of nitrogens with two attached hydrogens (primary N) is 1. The molecule has 2 aliphatic rings. The second-order valence-corrected chi connectivity index (χ2v) is 6.69. The molecule has 0 bridgehead atoms. The molecule has 1 aliphatic heterocycles. The zero-order valence-corrected chi connectivity index (χ0v) is 14.0. The first kappa shape index (κ1) is 16.1. The second-order valence-electron chi connectivity index (χ2n) is 6.69. The lowest BCUT2D eigenvalue weighted by molar-refractivity contribution is -0.134. The van der Waals surface area contributed by atoms with Crippen molar-refractivity contribution in [1.29, 1.82) is 0 Å². The first-order chi connectivity index (χ1) is 11.1.